The predicted octanol–water partition coefficient (Wildman–Crippen LogP) is 3.58. The largest absolute Gasteiger partial charge is 0.280 e. The molecule has 0 saturated heterocycles. The van der Waals surface area contributed by atoms with Gasteiger partial charge in [0, 0.05) is 12.5 Å². The number of carbonyl (C=O) groups excluding carboxylic acids is 1. The van der Waals surface area contributed by atoms with Gasteiger partial charge in [0.1, 0.15) is 5.82 Å². The monoisotopic (exact) mass is 385 g/mol. The normalized spacial score (nSPS) is 11.6. The number of amides is 1. The first kappa shape index (κ1) is 19.7. The summed E-state index contributed by atoms with van der Waals surface area (Å²) in [5.74, 6) is -2.35. The van der Waals surface area contributed by atoms with Gasteiger partial charge in [0.15, 0.2) is 11.6 Å². The molecule has 0 aliphatic heterocycles. The maximum Gasteiger partial charge on any atom is 0.280 e. The lowest BCUT2D eigenvalue weighted by atomic mass is 9.92. The van der Waals surface area contributed by atoms with E-state index in [-0.39, 0.29) is 28.6 Å². The standard InChI is InChI=1S/C21H21F2N3O2/c1-21(2,3)12-18-24-17-11-16(23)15(22)10-14(17)20(28)26(18)25-19(27)9-13-7-5-4-6-8-13/h4-8,10-11H,9,12H2,1-3H3,(H,25,27). The van der Waals surface area contributed by atoms with Gasteiger partial charge in [-0.25, -0.2) is 18.4 Å². The van der Waals surface area contributed by atoms with E-state index in [1.54, 1.807) is 12.1 Å². The Morgan fingerprint density at radius 3 is 2.39 bits per heavy atom. The number of fused-ring (bicyclic) bond motifs is 1. The SMILES string of the molecule is CC(C)(C)Cc1nc2cc(F)c(F)cc2c(=O)n1NC(=O)Cc1ccccc1. The van der Waals surface area contributed by atoms with Crippen LogP contribution in [0.4, 0.5) is 8.78 Å². The molecule has 0 unspecified atom stereocenters. The van der Waals surface area contributed by atoms with Crippen molar-refractivity contribution in [2.24, 2.45) is 5.41 Å². The molecule has 3 aromatic rings. The highest BCUT2D eigenvalue weighted by molar-refractivity contribution is 5.86. The molecule has 28 heavy (non-hydrogen) atoms. The zero-order chi connectivity index (χ0) is 20.5. The molecular formula is C21H21F2N3O2. The first-order valence-electron chi connectivity index (χ1n) is 8.88. The fourth-order valence-corrected chi connectivity index (χ4v) is 2.88. The van der Waals surface area contributed by atoms with Gasteiger partial charge in [0.05, 0.1) is 17.3 Å². The Kier molecular flexibility index (Phi) is 5.27. The lowest BCUT2D eigenvalue weighted by molar-refractivity contribution is -0.116. The van der Waals surface area contributed by atoms with Gasteiger partial charge in [0.25, 0.3) is 5.56 Å². The summed E-state index contributed by atoms with van der Waals surface area (Å²) >= 11 is 0. The summed E-state index contributed by atoms with van der Waals surface area (Å²) in [6.07, 6.45) is 0.418. The maximum absolute atomic E-state index is 13.6. The molecule has 0 aliphatic carbocycles. The lowest BCUT2D eigenvalue weighted by Crippen LogP contribution is -2.38. The van der Waals surface area contributed by atoms with Crippen LogP contribution in [-0.4, -0.2) is 15.6 Å². The number of halogens is 2. The molecule has 0 spiro atoms. The summed E-state index contributed by atoms with van der Waals surface area (Å²) in [4.78, 5) is 29.7. The van der Waals surface area contributed by atoms with E-state index in [0.29, 0.717) is 6.42 Å². The molecule has 0 fully saturated rings. The Labute approximate surface area is 161 Å². The van der Waals surface area contributed by atoms with Gasteiger partial charge < -0.3 is 0 Å². The van der Waals surface area contributed by atoms with E-state index in [1.165, 1.54) is 0 Å². The summed E-state index contributed by atoms with van der Waals surface area (Å²) in [7, 11) is 0. The van der Waals surface area contributed by atoms with Crippen molar-refractivity contribution < 1.29 is 13.6 Å². The molecule has 146 valence electrons. The second-order valence-corrected chi connectivity index (χ2v) is 7.89. The highest BCUT2D eigenvalue weighted by Gasteiger charge is 2.20. The maximum atomic E-state index is 13.6. The molecule has 1 aromatic heterocycles. The minimum atomic E-state index is -1.14. The average molecular weight is 385 g/mol. The van der Waals surface area contributed by atoms with E-state index in [1.807, 2.05) is 39.0 Å². The minimum absolute atomic E-state index is 0.0525. The van der Waals surface area contributed by atoms with Gasteiger partial charge in [-0.15, -0.1) is 0 Å². The van der Waals surface area contributed by atoms with Gasteiger partial charge >= 0.3 is 0 Å². The van der Waals surface area contributed by atoms with Crippen molar-refractivity contribution in [3.05, 3.63) is 75.8 Å². The molecule has 7 heteroatoms. The number of aromatic nitrogens is 2. The topological polar surface area (TPSA) is 64.0 Å². The molecule has 0 atom stereocenters. The quantitative estimate of drug-likeness (QED) is 0.747. The zero-order valence-electron chi connectivity index (χ0n) is 15.9. The molecule has 1 amide bonds. The van der Waals surface area contributed by atoms with Crippen molar-refractivity contribution >= 4 is 16.8 Å². The van der Waals surface area contributed by atoms with Gasteiger partial charge in [0.2, 0.25) is 5.91 Å². The molecule has 0 bridgehead atoms. The van der Waals surface area contributed by atoms with Crippen LogP contribution in [0.1, 0.15) is 32.2 Å². The Balaban J connectivity index is 2.06. The van der Waals surface area contributed by atoms with Crippen LogP contribution >= 0.6 is 0 Å². The number of nitrogens with one attached hydrogen (secondary N) is 1. The number of hydrogen-bond acceptors (Lipinski definition) is 3. The van der Waals surface area contributed by atoms with Gasteiger partial charge in [-0.1, -0.05) is 51.1 Å². The van der Waals surface area contributed by atoms with E-state index in [9.17, 15) is 18.4 Å². The average Bonchev–Trinajstić information content (AvgIpc) is 2.60. The van der Waals surface area contributed by atoms with Crippen LogP contribution in [-0.2, 0) is 17.6 Å². The van der Waals surface area contributed by atoms with Crippen molar-refractivity contribution in [2.75, 3.05) is 5.43 Å². The number of benzene rings is 2. The number of carbonyl (C=O) groups is 1. The Morgan fingerprint density at radius 2 is 1.75 bits per heavy atom. The summed E-state index contributed by atoms with van der Waals surface area (Å²) in [6, 6.07) is 10.8. The Hall–Kier alpha value is -3.09. The molecule has 0 radical (unpaired) electrons. The molecule has 0 aliphatic rings. The molecule has 1 N–H and O–H groups in total. The molecule has 5 nitrogen and oxygen atoms in total. The number of hydrogen-bond donors (Lipinski definition) is 1. The van der Waals surface area contributed by atoms with E-state index >= 15 is 0 Å². The van der Waals surface area contributed by atoms with Gasteiger partial charge in [-0.2, -0.15) is 0 Å². The van der Waals surface area contributed by atoms with Crippen molar-refractivity contribution in [2.45, 2.75) is 33.6 Å². The first-order chi connectivity index (χ1) is 13.1. The third-order valence-corrected chi connectivity index (χ3v) is 4.11. The summed E-state index contributed by atoms with van der Waals surface area (Å²) in [6.45, 7) is 5.85. The predicted molar refractivity (Wildman–Crippen MR) is 104 cm³/mol. The van der Waals surface area contributed by atoms with Crippen LogP contribution < -0.4 is 11.0 Å². The first-order valence-corrected chi connectivity index (χ1v) is 8.88. The fraction of sp³-hybridized carbons (Fsp3) is 0.286. The van der Waals surface area contributed by atoms with E-state index in [0.717, 1.165) is 22.4 Å². The molecule has 1 heterocycles. The van der Waals surface area contributed by atoms with Crippen molar-refractivity contribution in [1.82, 2.24) is 9.66 Å². The van der Waals surface area contributed by atoms with Gasteiger partial charge in [-0.05, 0) is 17.0 Å². The molecular weight excluding hydrogens is 364 g/mol. The zero-order valence-corrected chi connectivity index (χ0v) is 15.9. The highest BCUT2D eigenvalue weighted by atomic mass is 19.2. The minimum Gasteiger partial charge on any atom is -0.273 e. The third-order valence-electron chi connectivity index (χ3n) is 4.11. The van der Waals surface area contributed by atoms with Gasteiger partial charge in [-0.3, -0.25) is 15.0 Å². The van der Waals surface area contributed by atoms with E-state index < -0.39 is 23.1 Å². The summed E-state index contributed by atoms with van der Waals surface area (Å²) < 4.78 is 28.3. The molecule has 3 rings (SSSR count). The lowest BCUT2D eigenvalue weighted by Gasteiger charge is -2.21. The van der Waals surface area contributed by atoms with Crippen molar-refractivity contribution in [1.29, 1.82) is 0 Å². The number of rotatable bonds is 4. The fourth-order valence-electron chi connectivity index (χ4n) is 2.88. The van der Waals surface area contributed by atoms with Crippen LogP contribution in [0.3, 0.4) is 0 Å². The summed E-state index contributed by atoms with van der Waals surface area (Å²) in [5.41, 5.74) is 2.50. The Morgan fingerprint density at radius 1 is 1.11 bits per heavy atom. The Bertz CT molecular complexity index is 1090. The smallest absolute Gasteiger partial charge is 0.273 e. The van der Waals surface area contributed by atoms with Crippen LogP contribution in [0, 0.1) is 17.0 Å². The highest BCUT2D eigenvalue weighted by Crippen LogP contribution is 2.21. The van der Waals surface area contributed by atoms with Crippen LogP contribution in [0.5, 0.6) is 0 Å². The molecule has 0 saturated carbocycles. The third kappa shape index (κ3) is 4.42. The second kappa shape index (κ2) is 7.50. The van der Waals surface area contributed by atoms with Crippen LogP contribution in [0.25, 0.3) is 10.9 Å². The molecule has 2 aromatic carbocycles. The van der Waals surface area contributed by atoms with Crippen LogP contribution in [0.2, 0.25) is 0 Å². The van der Waals surface area contributed by atoms with E-state index in [4.69, 9.17) is 0 Å². The summed E-state index contributed by atoms with van der Waals surface area (Å²) in [5, 5.41) is -0.100. The second-order valence-electron chi connectivity index (χ2n) is 7.89. The van der Waals surface area contributed by atoms with E-state index in [2.05, 4.69) is 10.4 Å². The van der Waals surface area contributed by atoms with Crippen molar-refractivity contribution in [3.8, 4) is 0 Å². The van der Waals surface area contributed by atoms with Crippen LogP contribution in [0.15, 0.2) is 47.3 Å². The number of nitrogens with zero attached hydrogens (tertiary/aromatic N) is 2. The van der Waals surface area contributed by atoms with Crippen molar-refractivity contribution in [3.63, 3.8) is 0 Å².